The predicted octanol–water partition coefficient (Wildman–Crippen LogP) is 4.29. The van der Waals surface area contributed by atoms with Gasteiger partial charge in [-0.15, -0.1) is 0 Å². The zero-order valence-corrected chi connectivity index (χ0v) is 9.77. The molecule has 16 heavy (non-hydrogen) atoms. The van der Waals surface area contributed by atoms with Crippen LogP contribution < -0.4 is 0 Å². The monoisotopic (exact) mass is 215 g/mol. The number of hydrogen-bond donors (Lipinski definition) is 1. The van der Waals surface area contributed by atoms with Crippen LogP contribution in [0.15, 0.2) is 41.4 Å². The summed E-state index contributed by atoms with van der Waals surface area (Å²) >= 11 is 0. The van der Waals surface area contributed by atoms with Crippen molar-refractivity contribution in [3.63, 3.8) is 0 Å². The average Bonchev–Trinajstić information content (AvgIpc) is 2.31. The molecule has 2 heteroatoms. The Morgan fingerprint density at radius 2 is 1.75 bits per heavy atom. The summed E-state index contributed by atoms with van der Waals surface area (Å²) in [4.78, 5) is 3.72. The Morgan fingerprint density at radius 1 is 1.12 bits per heavy atom. The van der Waals surface area contributed by atoms with Crippen LogP contribution in [0.3, 0.4) is 0 Å². The molecule has 0 saturated carbocycles. The first-order valence-corrected chi connectivity index (χ1v) is 5.42. The highest BCUT2D eigenvalue weighted by Gasteiger charge is 2.02. The molecule has 0 radical (unpaired) electrons. The molecule has 2 rings (SSSR count). The maximum absolute atomic E-state index is 9.72. The number of aliphatic imine (C=N–C) groups is 1. The highest BCUT2D eigenvalue weighted by Crippen LogP contribution is 2.33. The van der Waals surface area contributed by atoms with Gasteiger partial charge in [0.2, 0.25) is 0 Å². The van der Waals surface area contributed by atoms with Gasteiger partial charge in [-0.2, -0.15) is 0 Å². The van der Waals surface area contributed by atoms with E-state index in [1.807, 2.05) is 30.3 Å². The minimum absolute atomic E-state index is 0.202. The van der Waals surface area contributed by atoms with Crippen LogP contribution in [0, 0.1) is 0 Å². The summed E-state index contributed by atoms with van der Waals surface area (Å²) in [5, 5.41) is 11.5. The van der Waals surface area contributed by atoms with Crippen LogP contribution in [0.4, 0.5) is 5.69 Å². The van der Waals surface area contributed by atoms with Crippen molar-refractivity contribution >= 4 is 23.2 Å². The van der Waals surface area contributed by atoms with Gasteiger partial charge in [0.15, 0.2) is 0 Å². The first-order valence-electron chi connectivity index (χ1n) is 5.42. The quantitative estimate of drug-likeness (QED) is 0.707. The van der Waals surface area contributed by atoms with Crippen LogP contribution >= 0.6 is 0 Å². The second-order valence-electron chi connectivity index (χ2n) is 3.52. The molecule has 0 amide bonds. The SMILES string of the molecule is C=Nc1ccc2ccccc2c1O.CCC. The number of nitrogens with zero attached hydrogens (tertiary/aromatic N) is 1. The van der Waals surface area contributed by atoms with Crippen molar-refractivity contribution in [3.05, 3.63) is 36.4 Å². The number of benzene rings is 2. The molecule has 2 aromatic rings. The molecule has 0 aliphatic heterocycles. The van der Waals surface area contributed by atoms with Gasteiger partial charge in [-0.1, -0.05) is 50.6 Å². The topological polar surface area (TPSA) is 32.6 Å². The Bertz CT molecular complexity index is 477. The zero-order chi connectivity index (χ0) is 12.0. The first kappa shape index (κ1) is 12.2. The number of rotatable bonds is 1. The molecule has 0 saturated heterocycles. The summed E-state index contributed by atoms with van der Waals surface area (Å²) < 4.78 is 0. The lowest BCUT2D eigenvalue weighted by Crippen LogP contribution is -1.73. The molecule has 2 aromatic carbocycles. The Labute approximate surface area is 96.3 Å². The molecule has 2 nitrogen and oxygen atoms in total. The van der Waals surface area contributed by atoms with Crippen molar-refractivity contribution in [1.82, 2.24) is 0 Å². The number of phenolic OH excluding ortho intramolecular Hbond substituents is 1. The van der Waals surface area contributed by atoms with Gasteiger partial charge in [0.05, 0.1) is 0 Å². The Kier molecular flexibility index (Phi) is 4.52. The molecule has 0 aromatic heterocycles. The average molecular weight is 215 g/mol. The third-order valence-corrected chi connectivity index (χ3v) is 2.05. The summed E-state index contributed by atoms with van der Waals surface area (Å²) in [7, 11) is 0. The van der Waals surface area contributed by atoms with Gasteiger partial charge in [-0.25, -0.2) is 0 Å². The number of aromatic hydroxyl groups is 1. The van der Waals surface area contributed by atoms with Gasteiger partial charge >= 0.3 is 0 Å². The number of fused-ring (bicyclic) bond motifs is 1. The Morgan fingerprint density at radius 3 is 2.38 bits per heavy atom. The van der Waals surface area contributed by atoms with Crippen LogP contribution in [0.2, 0.25) is 0 Å². The summed E-state index contributed by atoms with van der Waals surface area (Å²) in [5.74, 6) is 0.202. The third kappa shape index (κ3) is 2.60. The molecule has 0 heterocycles. The van der Waals surface area contributed by atoms with Gasteiger partial charge in [-0.05, 0) is 18.2 Å². The molecule has 0 aliphatic rings. The maximum Gasteiger partial charge on any atom is 0.148 e. The van der Waals surface area contributed by atoms with Crippen LogP contribution in [0.25, 0.3) is 10.8 Å². The Balaban J connectivity index is 0.000000386. The second kappa shape index (κ2) is 5.91. The largest absolute Gasteiger partial charge is 0.505 e. The molecular weight excluding hydrogens is 198 g/mol. The highest BCUT2D eigenvalue weighted by molar-refractivity contribution is 5.92. The fourth-order valence-corrected chi connectivity index (χ4v) is 1.37. The standard InChI is InChI=1S/C11H9NO.C3H8/c1-12-10-7-6-8-4-2-3-5-9(8)11(10)13;1-3-2/h2-7,13H,1H2;3H2,1-2H3. The van der Waals surface area contributed by atoms with Crippen molar-refractivity contribution in [3.8, 4) is 5.75 Å². The van der Waals surface area contributed by atoms with Crippen molar-refractivity contribution in [1.29, 1.82) is 0 Å². The lowest BCUT2D eigenvalue weighted by atomic mass is 10.1. The molecule has 0 unspecified atom stereocenters. The molecule has 0 aliphatic carbocycles. The van der Waals surface area contributed by atoms with Gasteiger partial charge < -0.3 is 5.11 Å². The zero-order valence-electron chi connectivity index (χ0n) is 9.77. The van der Waals surface area contributed by atoms with E-state index in [0.717, 1.165) is 10.8 Å². The van der Waals surface area contributed by atoms with Gasteiger partial charge in [0.25, 0.3) is 0 Å². The summed E-state index contributed by atoms with van der Waals surface area (Å²) in [6.07, 6.45) is 1.25. The van der Waals surface area contributed by atoms with Crippen LogP contribution in [0.1, 0.15) is 20.3 Å². The first-order chi connectivity index (χ1) is 7.74. The summed E-state index contributed by atoms with van der Waals surface area (Å²) in [6.45, 7) is 7.64. The van der Waals surface area contributed by atoms with E-state index in [9.17, 15) is 5.11 Å². The lowest BCUT2D eigenvalue weighted by Gasteiger charge is -2.02. The summed E-state index contributed by atoms with van der Waals surface area (Å²) in [6, 6.07) is 11.3. The lowest BCUT2D eigenvalue weighted by molar-refractivity contribution is 0.483. The van der Waals surface area contributed by atoms with E-state index in [-0.39, 0.29) is 5.75 Å². The van der Waals surface area contributed by atoms with Gasteiger partial charge in [0.1, 0.15) is 11.4 Å². The molecule has 0 atom stereocenters. The van der Waals surface area contributed by atoms with E-state index in [1.165, 1.54) is 6.42 Å². The highest BCUT2D eigenvalue weighted by atomic mass is 16.3. The van der Waals surface area contributed by atoms with E-state index in [2.05, 4.69) is 25.6 Å². The van der Waals surface area contributed by atoms with Gasteiger partial charge in [-0.3, -0.25) is 4.99 Å². The molecule has 0 fully saturated rings. The summed E-state index contributed by atoms with van der Waals surface area (Å²) in [5.41, 5.74) is 0.527. The van der Waals surface area contributed by atoms with Crippen molar-refractivity contribution in [2.75, 3.05) is 0 Å². The molecule has 1 N–H and O–H groups in total. The van der Waals surface area contributed by atoms with Crippen molar-refractivity contribution in [2.45, 2.75) is 20.3 Å². The molecule has 84 valence electrons. The van der Waals surface area contributed by atoms with E-state index < -0.39 is 0 Å². The fraction of sp³-hybridized carbons (Fsp3) is 0.214. The van der Waals surface area contributed by atoms with E-state index in [4.69, 9.17) is 0 Å². The Hall–Kier alpha value is -1.83. The van der Waals surface area contributed by atoms with Crippen LogP contribution in [-0.2, 0) is 0 Å². The predicted molar refractivity (Wildman–Crippen MR) is 70.8 cm³/mol. The number of hydrogen-bond acceptors (Lipinski definition) is 2. The smallest absolute Gasteiger partial charge is 0.148 e. The van der Waals surface area contributed by atoms with Crippen LogP contribution in [0.5, 0.6) is 5.75 Å². The molecular formula is C14H17NO. The number of phenols is 1. The molecule has 0 spiro atoms. The van der Waals surface area contributed by atoms with Gasteiger partial charge in [0, 0.05) is 5.39 Å². The van der Waals surface area contributed by atoms with E-state index in [1.54, 1.807) is 6.07 Å². The van der Waals surface area contributed by atoms with E-state index in [0.29, 0.717) is 5.69 Å². The van der Waals surface area contributed by atoms with Crippen molar-refractivity contribution in [2.24, 2.45) is 4.99 Å². The second-order valence-corrected chi connectivity index (χ2v) is 3.52. The third-order valence-electron chi connectivity index (χ3n) is 2.05. The maximum atomic E-state index is 9.72. The van der Waals surface area contributed by atoms with Crippen molar-refractivity contribution < 1.29 is 5.11 Å². The fourth-order valence-electron chi connectivity index (χ4n) is 1.37. The van der Waals surface area contributed by atoms with E-state index >= 15 is 0 Å². The molecule has 0 bridgehead atoms. The minimum Gasteiger partial charge on any atom is -0.505 e. The normalized spacial score (nSPS) is 9.38. The van der Waals surface area contributed by atoms with Crippen LogP contribution in [-0.4, -0.2) is 11.8 Å². The minimum atomic E-state index is 0.202.